The third-order valence-corrected chi connectivity index (χ3v) is 9.22. The first kappa shape index (κ1) is 25.8. The fraction of sp³-hybridized carbons (Fsp3) is 0. The minimum absolute atomic E-state index is 0.654. The average Bonchev–Trinajstić information content (AvgIpc) is 3.47. The van der Waals surface area contributed by atoms with Crippen molar-refractivity contribution < 1.29 is 0 Å². The smallest absolute Gasteiger partial charge is 0.163 e. The van der Waals surface area contributed by atoms with Crippen LogP contribution in [0.4, 0.5) is 0 Å². The molecular weight excluding hydrogens is 574 g/mol. The summed E-state index contributed by atoms with van der Waals surface area (Å²) in [6.45, 7) is 0. The zero-order valence-electron chi connectivity index (χ0n) is 25.2. The Morgan fingerprint density at radius 2 is 1.13 bits per heavy atom. The Hall–Kier alpha value is -6.46. The van der Waals surface area contributed by atoms with Crippen molar-refractivity contribution in [3.63, 3.8) is 0 Å². The molecule has 218 valence electrons. The van der Waals surface area contributed by atoms with Crippen LogP contribution >= 0.6 is 0 Å². The normalized spacial score (nSPS) is 11.8. The lowest BCUT2D eigenvalue weighted by atomic mass is 9.96. The van der Waals surface area contributed by atoms with Crippen LogP contribution in [0.5, 0.6) is 0 Å². The molecule has 0 aliphatic rings. The third-order valence-electron chi connectivity index (χ3n) is 9.22. The molecule has 0 spiro atoms. The summed E-state index contributed by atoms with van der Waals surface area (Å²) in [5.41, 5.74) is 6.52. The Kier molecular flexibility index (Phi) is 5.51. The monoisotopic (exact) mass is 599 g/mol. The maximum atomic E-state index is 5.49. The standard InChI is InChI=1S/C42H25N5/c1-2-11-26(12-3-1)35-23-21-27-20-22-34-39(38(27)44-35)45-40(37-30-15-6-4-13-28(30)25-29-14-5-7-16-31(29)37)46-42(34)47-36-19-9-8-17-32(36)33-18-10-24-43-41(33)47/h1-25H. The molecule has 0 radical (unpaired) electrons. The van der Waals surface area contributed by atoms with E-state index in [0.717, 1.165) is 87.9 Å². The summed E-state index contributed by atoms with van der Waals surface area (Å²) in [7, 11) is 0. The lowest BCUT2D eigenvalue weighted by Crippen LogP contribution is -2.04. The van der Waals surface area contributed by atoms with Gasteiger partial charge >= 0.3 is 0 Å². The first-order chi connectivity index (χ1) is 23.3. The van der Waals surface area contributed by atoms with Crippen molar-refractivity contribution in [1.82, 2.24) is 24.5 Å². The van der Waals surface area contributed by atoms with Gasteiger partial charge in [0, 0.05) is 38.9 Å². The summed E-state index contributed by atoms with van der Waals surface area (Å²) >= 11 is 0. The number of hydrogen-bond donors (Lipinski definition) is 0. The van der Waals surface area contributed by atoms with Crippen LogP contribution in [0.2, 0.25) is 0 Å². The molecule has 0 N–H and O–H groups in total. The van der Waals surface area contributed by atoms with Gasteiger partial charge < -0.3 is 0 Å². The van der Waals surface area contributed by atoms with Crippen molar-refractivity contribution >= 4 is 65.3 Å². The summed E-state index contributed by atoms with van der Waals surface area (Å²) in [5.74, 6) is 1.43. The highest BCUT2D eigenvalue weighted by Gasteiger charge is 2.21. The molecule has 10 aromatic rings. The highest BCUT2D eigenvalue weighted by Crippen LogP contribution is 2.39. The van der Waals surface area contributed by atoms with Crippen LogP contribution in [0.1, 0.15) is 0 Å². The Labute approximate surface area is 269 Å². The second-order valence-corrected chi connectivity index (χ2v) is 11.9. The Bertz CT molecular complexity index is 2750. The van der Waals surface area contributed by atoms with Gasteiger partial charge in [0.2, 0.25) is 0 Å². The molecule has 47 heavy (non-hydrogen) atoms. The number of pyridine rings is 2. The van der Waals surface area contributed by atoms with E-state index in [2.05, 4.69) is 126 Å². The lowest BCUT2D eigenvalue weighted by molar-refractivity contribution is 1.06. The Morgan fingerprint density at radius 3 is 1.94 bits per heavy atom. The van der Waals surface area contributed by atoms with E-state index in [9.17, 15) is 0 Å². The summed E-state index contributed by atoms with van der Waals surface area (Å²) in [6, 6.07) is 50.6. The van der Waals surface area contributed by atoms with E-state index in [0.29, 0.717) is 5.82 Å². The molecule has 0 bridgehead atoms. The van der Waals surface area contributed by atoms with E-state index in [1.165, 1.54) is 0 Å². The zero-order valence-corrected chi connectivity index (χ0v) is 25.2. The molecule has 0 saturated heterocycles. The first-order valence-electron chi connectivity index (χ1n) is 15.7. The van der Waals surface area contributed by atoms with Crippen molar-refractivity contribution in [3.05, 3.63) is 152 Å². The van der Waals surface area contributed by atoms with Crippen molar-refractivity contribution in [2.24, 2.45) is 0 Å². The molecule has 0 aliphatic heterocycles. The van der Waals surface area contributed by atoms with Crippen LogP contribution in [-0.4, -0.2) is 24.5 Å². The van der Waals surface area contributed by atoms with Gasteiger partial charge in [0.25, 0.3) is 0 Å². The zero-order chi connectivity index (χ0) is 30.9. The van der Waals surface area contributed by atoms with Gasteiger partial charge in [0.1, 0.15) is 11.2 Å². The van der Waals surface area contributed by atoms with Gasteiger partial charge in [-0.05, 0) is 57.9 Å². The molecule has 0 atom stereocenters. The predicted molar refractivity (Wildman–Crippen MR) is 193 cm³/mol. The summed E-state index contributed by atoms with van der Waals surface area (Å²) in [4.78, 5) is 21.1. The van der Waals surface area contributed by atoms with Crippen LogP contribution < -0.4 is 0 Å². The Balaban J connectivity index is 1.40. The van der Waals surface area contributed by atoms with Crippen molar-refractivity contribution in [1.29, 1.82) is 0 Å². The minimum atomic E-state index is 0.654. The van der Waals surface area contributed by atoms with Gasteiger partial charge in [0.15, 0.2) is 11.6 Å². The number of para-hydroxylation sites is 1. The number of nitrogens with zero attached hydrogens (tertiary/aromatic N) is 5. The van der Waals surface area contributed by atoms with Crippen molar-refractivity contribution in [2.75, 3.05) is 0 Å². The Morgan fingerprint density at radius 1 is 0.447 bits per heavy atom. The average molecular weight is 600 g/mol. The topological polar surface area (TPSA) is 56.5 Å². The molecule has 4 heterocycles. The molecule has 6 aromatic carbocycles. The number of hydrogen-bond acceptors (Lipinski definition) is 4. The molecular formula is C42H25N5. The van der Waals surface area contributed by atoms with Crippen LogP contribution in [0.15, 0.2) is 152 Å². The van der Waals surface area contributed by atoms with Crippen molar-refractivity contribution in [2.45, 2.75) is 0 Å². The number of fused-ring (bicyclic) bond motifs is 8. The second kappa shape index (κ2) is 10.0. The van der Waals surface area contributed by atoms with E-state index in [1.807, 2.05) is 30.5 Å². The van der Waals surface area contributed by atoms with Gasteiger partial charge in [-0.2, -0.15) is 0 Å². The molecule has 0 unspecified atom stereocenters. The molecule has 0 amide bonds. The van der Waals surface area contributed by atoms with Gasteiger partial charge in [-0.25, -0.2) is 19.9 Å². The maximum Gasteiger partial charge on any atom is 0.163 e. The van der Waals surface area contributed by atoms with E-state index < -0.39 is 0 Å². The quantitative estimate of drug-likeness (QED) is 0.150. The minimum Gasteiger partial charge on any atom is -0.277 e. The van der Waals surface area contributed by atoms with E-state index in [-0.39, 0.29) is 0 Å². The SMILES string of the molecule is c1ccc(-c2ccc3ccc4c(-n5c6ccccc6c6cccnc65)nc(-c5c6ccccc6cc6ccccc56)nc4c3n2)cc1. The highest BCUT2D eigenvalue weighted by atomic mass is 15.1. The number of benzene rings is 6. The largest absolute Gasteiger partial charge is 0.277 e. The summed E-state index contributed by atoms with van der Waals surface area (Å²) in [5, 5.41) is 8.65. The van der Waals surface area contributed by atoms with Crippen LogP contribution in [-0.2, 0) is 0 Å². The second-order valence-electron chi connectivity index (χ2n) is 11.9. The third kappa shape index (κ3) is 3.90. The molecule has 0 aliphatic carbocycles. The predicted octanol–water partition coefficient (Wildman–Crippen LogP) is 10.3. The first-order valence-corrected chi connectivity index (χ1v) is 15.7. The van der Waals surface area contributed by atoms with Gasteiger partial charge in [-0.3, -0.25) is 4.57 Å². The summed E-state index contributed by atoms with van der Waals surface area (Å²) in [6.07, 6.45) is 1.85. The lowest BCUT2D eigenvalue weighted by Gasteiger charge is -2.16. The van der Waals surface area contributed by atoms with E-state index in [4.69, 9.17) is 19.9 Å². The number of aromatic nitrogens is 5. The van der Waals surface area contributed by atoms with Crippen molar-refractivity contribution in [3.8, 4) is 28.5 Å². The van der Waals surface area contributed by atoms with Crippen LogP contribution in [0, 0.1) is 0 Å². The molecule has 4 aromatic heterocycles. The fourth-order valence-corrected chi connectivity index (χ4v) is 7.08. The van der Waals surface area contributed by atoms with Gasteiger partial charge in [0.05, 0.1) is 16.7 Å². The molecule has 5 heteroatoms. The van der Waals surface area contributed by atoms with Crippen LogP contribution in [0.3, 0.4) is 0 Å². The molecule has 0 saturated carbocycles. The maximum absolute atomic E-state index is 5.49. The van der Waals surface area contributed by atoms with Crippen LogP contribution in [0.25, 0.3) is 93.8 Å². The molecule has 10 rings (SSSR count). The van der Waals surface area contributed by atoms with E-state index in [1.54, 1.807) is 0 Å². The number of rotatable bonds is 3. The highest BCUT2D eigenvalue weighted by molar-refractivity contribution is 6.14. The van der Waals surface area contributed by atoms with Gasteiger partial charge in [-0.1, -0.05) is 109 Å². The summed E-state index contributed by atoms with van der Waals surface area (Å²) < 4.78 is 2.19. The molecule has 5 nitrogen and oxygen atoms in total. The van der Waals surface area contributed by atoms with E-state index >= 15 is 0 Å². The fourth-order valence-electron chi connectivity index (χ4n) is 7.08. The molecule has 0 fully saturated rings. The van der Waals surface area contributed by atoms with Gasteiger partial charge in [-0.15, -0.1) is 0 Å².